The smallest absolute Gasteiger partial charge is 0.186 e. The number of fused-ring (bicyclic) bond motifs is 1. The van der Waals surface area contributed by atoms with Crippen LogP contribution in [0.1, 0.15) is 101 Å². The van der Waals surface area contributed by atoms with Gasteiger partial charge in [0.1, 0.15) is 11.4 Å². The van der Waals surface area contributed by atoms with Crippen molar-refractivity contribution in [2.24, 2.45) is 0 Å². The topological polar surface area (TPSA) is 67.2 Å². The first kappa shape index (κ1) is 38.8. The van der Waals surface area contributed by atoms with Crippen molar-refractivity contribution in [2.75, 3.05) is 9.80 Å². The molecule has 0 saturated heterocycles. The molecule has 54 heavy (non-hydrogen) atoms. The van der Waals surface area contributed by atoms with Crippen LogP contribution in [0.15, 0.2) is 84.2 Å². The fraction of sp³-hybridized carbons (Fsp3) is 0.333. The molecule has 282 valence electrons. The second-order valence-corrected chi connectivity index (χ2v) is 18.8. The van der Waals surface area contributed by atoms with Crippen LogP contribution in [0.2, 0.25) is 0 Å². The Kier molecular flexibility index (Phi) is 9.86. The van der Waals surface area contributed by atoms with E-state index in [0.29, 0.717) is 11.1 Å². The molecule has 0 saturated carbocycles. The summed E-state index contributed by atoms with van der Waals surface area (Å²) in [5.74, 6) is -0.702. The molecule has 0 radical (unpaired) electrons. The third kappa shape index (κ3) is 7.04. The number of benzene rings is 5. The Morgan fingerprint density at radius 3 is 1.41 bits per heavy atom. The first-order valence-corrected chi connectivity index (χ1v) is 19.7. The van der Waals surface area contributed by atoms with Crippen LogP contribution in [0.25, 0.3) is 10.1 Å². The number of rotatable bonds is 6. The summed E-state index contributed by atoms with van der Waals surface area (Å²) >= 11 is 1.74. The van der Waals surface area contributed by atoms with Crippen molar-refractivity contribution in [1.29, 1.82) is 0 Å². The van der Waals surface area contributed by atoms with Crippen LogP contribution in [0.5, 0.6) is 17.2 Å². The van der Waals surface area contributed by atoms with E-state index in [4.69, 9.17) is 0 Å². The van der Waals surface area contributed by atoms with Gasteiger partial charge in [0.15, 0.2) is 11.5 Å². The molecule has 5 aromatic carbocycles. The summed E-state index contributed by atoms with van der Waals surface area (Å²) in [4.78, 5) is 4.24. The van der Waals surface area contributed by atoms with Gasteiger partial charge >= 0.3 is 0 Å². The predicted molar refractivity (Wildman–Crippen MR) is 231 cm³/mol. The predicted octanol–water partition coefficient (Wildman–Crippen LogP) is 14.1. The van der Waals surface area contributed by atoms with Crippen LogP contribution in [0, 0.1) is 27.7 Å². The number of thiophene rings is 1. The minimum Gasteiger partial charge on any atom is -0.505 e. The van der Waals surface area contributed by atoms with Gasteiger partial charge in [-0.15, -0.1) is 11.3 Å². The largest absolute Gasteiger partial charge is 0.505 e. The lowest BCUT2D eigenvalue weighted by atomic mass is 9.86. The van der Waals surface area contributed by atoms with Crippen LogP contribution in [-0.4, -0.2) is 15.3 Å². The zero-order valence-electron chi connectivity index (χ0n) is 34.2. The first-order chi connectivity index (χ1) is 25.1. The van der Waals surface area contributed by atoms with Gasteiger partial charge in [-0.3, -0.25) is 0 Å². The lowest BCUT2D eigenvalue weighted by Crippen LogP contribution is -2.17. The lowest BCUT2D eigenvalue weighted by Gasteiger charge is -2.34. The van der Waals surface area contributed by atoms with Crippen LogP contribution in [0.4, 0.5) is 34.1 Å². The number of aromatic hydroxyl groups is 3. The maximum atomic E-state index is 11.8. The zero-order valence-corrected chi connectivity index (χ0v) is 35.0. The van der Waals surface area contributed by atoms with Gasteiger partial charge < -0.3 is 25.1 Å². The van der Waals surface area contributed by atoms with Crippen molar-refractivity contribution in [3.05, 3.63) is 123 Å². The van der Waals surface area contributed by atoms with Crippen molar-refractivity contribution in [2.45, 2.75) is 106 Å². The molecule has 5 nitrogen and oxygen atoms in total. The molecule has 3 N–H and O–H groups in total. The van der Waals surface area contributed by atoms with E-state index in [1.807, 2.05) is 17.0 Å². The highest BCUT2D eigenvalue weighted by Crippen LogP contribution is 2.54. The number of phenols is 3. The standard InChI is InChI=1S/C48H56N2O3S/c1-28-24-38(49(35-19-14-32(15-20-35)46(5,6)7)40-27-54-41-23-18-34(26-37(40)41)48(11,12)13)31(4)39(25-28)50(36-21-16-33(17-22-36)47(8,9)10)42-43(51)29(2)30(3)44(52)45(42)53/h14-27,51-53H,1-13H3. The monoisotopic (exact) mass is 740 g/mol. The summed E-state index contributed by atoms with van der Waals surface area (Å²) in [6, 6.07) is 28.2. The summed E-state index contributed by atoms with van der Waals surface area (Å²) in [5, 5.41) is 38.1. The molecule has 6 rings (SSSR count). The number of hydrogen-bond acceptors (Lipinski definition) is 6. The second kappa shape index (κ2) is 13.7. The molecule has 1 aromatic heterocycles. The van der Waals surface area contributed by atoms with Gasteiger partial charge in [0.25, 0.3) is 0 Å². The second-order valence-electron chi connectivity index (χ2n) is 17.9. The molecule has 6 aromatic rings. The molecule has 1 heterocycles. The molecule has 0 amide bonds. The number of phenolic OH excluding ortho intramolecular Hbond substituents is 3. The van der Waals surface area contributed by atoms with Gasteiger partial charge in [0.05, 0.1) is 17.1 Å². The van der Waals surface area contributed by atoms with E-state index in [2.05, 4.69) is 153 Å². The summed E-state index contributed by atoms with van der Waals surface area (Å²) in [6.45, 7) is 27.6. The van der Waals surface area contributed by atoms with Gasteiger partial charge in [0, 0.05) is 32.4 Å². The SMILES string of the molecule is Cc1cc(N(c2ccc(C(C)(C)C)cc2)c2c(O)c(C)c(C)c(O)c2O)c(C)c(N(c2ccc(C(C)(C)C)cc2)c2csc3ccc(C(C)(C)C)cc23)c1. The van der Waals surface area contributed by atoms with E-state index in [1.54, 1.807) is 25.2 Å². The minimum atomic E-state index is -0.369. The summed E-state index contributed by atoms with van der Waals surface area (Å²) in [7, 11) is 0. The highest BCUT2D eigenvalue weighted by atomic mass is 32.1. The number of anilines is 6. The quantitative estimate of drug-likeness (QED) is 0.117. The molecular formula is C48H56N2O3S. The summed E-state index contributed by atoms with van der Waals surface area (Å²) in [5.41, 5.74) is 11.2. The fourth-order valence-corrected chi connectivity index (χ4v) is 8.01. The van der Waals surface area contributed by atoms with Crippen LogP contribution < -0.4 is 9.80 Å². The molecular weight excluding hydrogens is 685 g/mol. The van der Waals surface area contributed by atoms with Crippen LogP contribution >= 0.6 is 11.3 Å². The van der Waals surface area contributed by atoms with E-state index in [0.717, 1.165) is 45.1 Å². The van der Waals surface area contributed by atoms with Crippen LogP contribution in [-0.2, 0) is 16.2 Å². The molecule has 0 unspecified atom stereocenters. The van der Waals surface area contributed by atoms with Crippen molar-refractivity contribution < 1.29 is 15.3 Å². The van der Waals surface area contributed by atoms with Crippen molar-refractivity contribution in [3.63, 3.8) is 0 Å². The average Bonchev–Trinajstić information content (AvgIpc) is 3.52. The number of hydrogen-bond donors (Lipinski definition) is 3. The molecule has 0 spiro atoms. The Labute approximate surface area is 326 Å². The Bertz CT molecular complexity index is 2320. The maximum absolute atomic E-state index is 11.8. The average molecular weight is 741 g/mol. The van der Waals surface area contributed by atoms with Gasteiger partial charge in [-0.05, 0) is 126 Å². The third-order valence-corrected chi connectivity index (χ3v) is 11.7. The van der Waals surface area contributed by atoms with E-state index in [9.17, 15) is 15.3 Å². The Morgan fingerprint density at radius 2 is 0.907 bits per heavy atom. The first-order valence-electron chi connectivity index (χ1n) is 18.8. The van der Waals surface area contributed by atoms with Gasteiger partial charge in [-0.2, -0.15) is 0 Å². The van der Waals surface area contributed by atoms with Gasteiger partial charge in [0.2, 0.25) is 0 Å². The summed E-state index contributed by atoms with van der Waals surface area (Å²) < 4.78 is 1.21. The fourth-order valence-electron chi connectivity index (χ4n) is 7.10. The molecule has 0 fully saturated rings. The minimum absolute atomic E-state index is 0.00274. The van der Waals surface area contributed by atoms with E-state index in [-0.39, 0.29) is 39.2 Å². The molecule has 0 aliphatic rings. The molecule has 0 aliphatic carbocycles. The lowest BCUT2D eigenvalue weighted by molar-refractivity contribution is 0.394. The Morgan fingerprint density at radius 1 is 0.463 bits per heavy atom. The third-order valence-electron chi connectivity index (χ3n) is 10.8. The molecule has 0 bridgehead atoms. The van der Waals surface area contributed by atoms with Gasteiger partial charge in [-0.1, -0.05) is 92.6 Å². The Hall–Kier alpha value is -4.94. The molecule has 6 heteroatoms. The highest BCUT2D eigenvalue weighted by molar-refractivity contribution is 7.17. The number of aryl methyl sites for hydroxylation is 1. The van der Waals surface area contributed by atoms with E-state index < -0.39 is 0 Å². The van der Waals surface area contributed by atoms with Crippen molar-refractivity contribution >= 4 is 55.5 Å². The van der Waals surface area contributed by atoms with Crippen molar-refractivity contribution in [3.8, 4) is 17.2 Å². The van der Waals surface area contributed by atoms with Crippen LogP contribution in [0.3, 0.4) is 0 Å². The molecule has 0 aliphatic heterocycles. The summed E-state index contributed by atoms with van der Waals surface area (Å²) in [6.07, 6.45) is 0. The van der Waals surface area contributed by atoms with Crippen molar-refractivity contribution in [1.82, 2.24) is 0 Å². The molecule has 0 atom stereocenters. The van der Waals surface area contributed by atoms with E-state index in [1.165, 1.54) is 21.2 Å². The maximum Gasteiger partial charge on any atom is 0.186 e. The van der Waals surface area contributed by atoms with Gasteiger partial charge in [-0.25, -0.2) is 0 Å². The zero-order chi connectivity index (χ0) is 39.7. The normalized spacial score (nSPS) is 12.4. The highest BCUT2D eigenvalue weighted by Gasteiger charge is 2.30. The van der Waals surface area contributed by atoms with E-state index >= 15 is 0 Å². The number of nitrogens with zero attached hydrogens (tertiary/aromatic N) is 2. The Balaban J connectivity index is 1.68.